The first kappa shape index (κ1) is 25.4. The fourth-order valence-electron chi connectivity index (χ4n) is 7.80. The third kappa shape index (κ3) is 3.13. The van der Waals surface area contributed by atoms with Crippen molar-refractivity contribution in [3.8, 4) is 6.07 Å². The molecule has 1 amide bonds. The number of nitrogens with two attached hydrogens (primary N) is 1. The molecule has 3 heterocycles. The van der Waals surface area contributed by atoms with Crippen LogP contribution >= 0.6 is 0 Å². The summed E-state index contributed by atoms with van der Waals surface area (Å²) in [5.74, 6) is -0.112. The highest BCUT2D eigenvalue weighted by atomic mass is 16.5. The lowest BCUT2D eigenvalue weighted by molar-refractivity contribution is -0.126. The summed E-state index contributed by atoms with van der Waals surface area (Å²) in [5, 5.41) is 10.5. The molecule has 2 atom stereocenters. The quantitative estimate of drug-likeness (QED) is 0.548. The zero-order valence-corrected chi connectivity index (χ0v) is 23.6. The molecule has 0 saturated heterocycles. The molecule has 6 rings (SSSR count). The fourth-order valence-corrected chi connectivity index (χ4v) is 7.80. The first-order valence-electron chi connectivity index (χ1n) is 13.7. The van der Waals surface area contributed by atoms with Crippen LogP contribution < -0.4 is 10.6 Å². The van der Waals surface area contributed by atoms with Crippen LogP contribution in [0.3, 0.4) is 0 Å². The molecule has 4 aliphatic rings. The van der Waals surface area contributed by atoms with Gasteiger partial charge in [0.05, 0.1) is 11.3 Å². The molecular formula is C33H35N3O3. The van der Waals surface area contributed by atoms with E-state index in [-0.39, 0.29) is 35.0 Å². The average molecular weight is 522 g/mol. The van der Waals surface area contributed by atoms with Gasteiger partial charge in [0, 0.05) is 29.4 Å². The fraction of sp³-hybridized carbons (Fsp3) is 0.424. The number of benzene rings is 2. The van der Waals surface area contributed by atoms with Gasteiger partial charge in [0.25, 0.3) is 0 Å². The smallest absolute Gasteiger partial charge is 0.248 e. The number of aryl methyl sites for hydroxylation is 1. The van der Waals surface area contributed by atoms with Crippen molar-refractivity contribution in [2.45, 2.75) is 83.6 Å². The number of ketones is 1. The molecule has 3 aliphatic heterocycles. The van der Waals surface area contributed by atoms with E-state index in [0.717, 1.165) is 23.2 Å². The van der Waals surface area contributed by atoms with Gasteiger partial charge in [0.2, 0.25) is 11.8 Å². The Morgan fingerprint density at radius 1 is 1.03 bits per heavy atom. The van der Waals surface area contributed by atoms with Gasteiger partial charge >= 0.3 is 0 Å². The number of amides is 1. The number of anilines is 1. The summed E-state index contributed by atoms with van der Waals surface area (Å²) >= 11 is 0. The zero-order chi connectivity index (χ0) is 28.1. The Balaban J connectivity index is 1.77. The summed E-state index contributed by atoms with van der Waals surface area (Å²) in [5.41, 5.74) is 8.52. The summed E-state index contributed by atoms with van der Waals surface area (Å²) in [4.78, 5) is 30.9. The minimum absolute atomic E-state index is 0.0152. The van der Waals surface area contributed by atoms with E-state index >= 15 is 4.79 Å². The summed E-state index contributed by atoms with van der Waals surface area (Å²) in [7, 11) is 0. The van der Waals surface area contributed by atoms with E-state index in [1.165, 1.54) is 5.56 Å². The molecular weight excluding hydrogens is 486 g/mol. The van der Waals surface area contributed by atoms with Gasteiger partial charge in [0.15, 0.2) is 5.78 Å². The second-order valence-electron chi connectivity index (χ2n) is 13.2. The van der Waals surface area contributed by atoms with Crippen molar-refractivity contribution in [2.75, 3.05) is 4.90 Å². The van der Waals surface area contributed by atoms with E-state index in [4.69, 9.17) is 10.5 Å². The second-order valence-corrected chi connectivity index (χ2v) is 13.2. The van der Waals surface area contributed by atoms with Gasteiger partial charge in [-0.3, -0.25) is 9.59 Å². The molecule has 2 aromatic rings. The van der Waals surface area contributed by atoms with Crippen LogP contribution in [0.1, 0.15) is 83.1 Å². The van der Waals surface area contributed by atoms with Crippen molar-refractivity contribution >= 4 is 17.4 Å². The number of Topliss-reactive ketones (excluding diaryl/α,β-unsaturated/α-hetero) is 1. The van der Waals surface area contributed by atoms with Crippen molar-refractivity contribution in [3.05, 3.63) is 87.5 Å². The number of hydrogen-bond acceptors (Lipinski definition) is 5. The maximum absolute atomic E-state index is 15.0. The Morgan fingerprint density at radius 3 is 2.33 bits per heavy atom. The molecule has 6 nitrogen and oxygen atoms in total. The Kier molecular flexibility index (Phi) is 5.12. The summed E-state index contributed by atoms with van der Waals surface area (Å²) in [6, 6.07) is 16.9. The molecule has 200 valence electrons. The third-order valence-corrected chi connectivity index (χ3v) is 9.30. The molecule has 0 aromatic heterocycles. The number of ether oxygens (including phenoxy) is 1. The van der Waals surface area contributed by atoms with Crippen molar-refractivity contribution in [3.63, 3.8) is 0 Å². The lowest BCUT2D eigenvalue weighted by Gasteiger charge is -2.50. The number of allylic oxidation sites excluding steroid dienone is 1. The molecule has 0 unspecified atom stereocenters. The highest BCUT2D eigenvalue weighted by molar-refractivity contribution is 6.21. The van der Waals surface area contributed by atoms with Crippen LogP contribution in [0, 0.1) is 16.7 Å². The van der Waals surface area contributed by atoms with Gasteiger partial charge in [-0.25, -0.2) is 0 Å². The van der Waals surface area contributed by atoms with Gasteiger partial charge in [-0.2, -0.15) is 5.26 Å². The van der Waals surface area contributed by atoms with E-state index in [1.807, 2.05) is 43.0 Å². The van der Waals surface area contributed by atoms with E-state index in [1.54, 1.807) is 0 Å². The summed E-state index contributed by atoms with van der Waals surface area (Å²) in [6.45, 7) is 12.5. The lowest BCUT2D eigenvalue weighted by atomic mass is 9.61. The lowest BCUT2D eigenvalue weighted by Crippen LogP contribution is -2.58. The van der Waals surface area contributed by atoms with Crippen molar-refractivity contribution < 1.29 is 14.3 Å². The number of fused-ring (bicyclic) bond motifs is 2. The van der Waals surface area contributed by atoms with Crippen LogP contribution in [-0.2, 0) is 31.6 Å². The van der Waals surface area contributed by atoms with Crippen LogP contribution in [0.4, 0.5) is 5.69 Å². The average Bonchev–Trinajstić information content (AvgIpc) is 3.11. The maximum Gasteiger partial charge on any atom is 0.248 e. The van der Waals surface area contributed by atoms with E-state index in [0.29, 0.717) is 29.7 Å². The highest BCUT2D eigenvalue weighted by Crippen LogP contribution is 2.63. The summed E-state index contributed by atoms with van der Waals surface area (Å²) < 4.78 is 6.01. The van der Waals surface area contributed by atoms with Gasteiger partial charge in [-0.05, 0) is 48.8 Å². The number of carbonyl (C=O) groups excluding carboxylic acids is 2. The third-order valence-electron chi connectivity index (χ3n) is 9.30. The van der Waals surface area contributed by atoms with Crippen LogP contribution in [-0.4, -0.2) is 17.2 Å². The van der Waals surface area contributed by atoms with Gasteiger partial charge in [-0.15, -0.1) is 0 Å². The molecule has 2 aromatic carbocycles. The van der Waals surface area contributed by atoms with Crippen molar-refractivity contribution in [2.24, 2.45) is 11.1 Å². The largest absolute Gasteiger partial charge is 0.444 e. The van der Waals surface area contributed by atoms with Crippen LogP contribution in [0.2, 0.25) is 0 Å². The summed E-state index contributed by atoms with van der Waals surface area (Å²) in [6.07, 6.45) is 2.14. The van der Waals surface area contributed by atoms with Gasteiger partial charge in [0.1, 0.15) is 22.8 Å². The topological polar surface area (TPSA) is 96.4 Å². The van der Waals surface area contributed by atoms with Crippen LogP contribution in [0.25, 0.3) is 0 Å². The molecule has 0 radical (unpaired) electrons. The molecule has 1 aliphatic carbocycles. The predicted molar refractivity (Wildman–Crippen MR) is 150 cm³/mol. The maximum atomic E-state index is 15.0. The number of rotatable bonds is 2. The minimum atomic E-state index is -1.62. The molecule has 6 heteroatoms. The molecule has 1 spiro atoms. The second kappa shape index (κ2) is 7.85. The predicted octanol–water partition coefficient (Wildman–Crippen LogP) is 5.69. The number of nitrogens with zero attached hydrogens (tertiary/aromatic N) is 2. The van der Waals surface area contributed by atoms with E-state index < -0.39 is 16.4 Å². The van der Waals surface area contributed by atoms with Gasteiger partial charge in [-0.1, -0.05) is 70.2 Å². The SMILES string of the molecule is CCc1cc2c3c(c1)[C@@](C)(c1ccccc1)CC(C)(C)N3C(=O)[C@]21C(C#N)=C(N)OC2=C1C(=O)CC(C)(C)C2. The van der Waals surface area contributed by atoms with E-state index in [9.17, 15) is 10.1 Å². The van der Waals surface area contributed by atoms with E-state index in [2.05, 4.69) is 52.0 Å². The normalized spacial score (nSPS) is 28.3. The Labute approximate surface area is 230 Å². The number of nitriles is 1. The first-order chi connectivity index (χ1) is 18.3. The molecule has 39 heavy (non-hydrogen) atoms. The monoisotopic (exact) mass is 521 g/mol. The minimum Gasteiger partial charge on any atom is -0.444 e. The highest BCUT2D eigenvalue weighted by Gasteiger charge is 2.67. The Morgan fingerprint density at radius 2 is 1.69 bits per heavy atom. The standard InChI is InChI=1S/C33H35N3O3/c1-7-19-13-21-27-22(14-19)33(23(17-34)28(35)39-25-16-30(2,3)15-24(37)26(25)33)29(38)36(27)31(4,5)18-32(21,6)20-11-9-8-10-12-20/h8-14H,7,15-16,18,35H2,1-6H3/t32-,33+/m1/s1. The zero-order valence-electron chi connectivity index (χ0n) is 23.6. The number of carbonyl (C=O) groups is 2. The molecule has 0 bridgehead atoms. The van der Waals surface area contributed by atoms with Crippen molar-refractivity contribution in [1.29, 1.82) is 5.26 Å². The van der Waals surface area contributed by atoms with Gasteiger partial charge < -0.3 is 15.4 Å². The Hall–Kier alpha value is -3.85. The molecule has 0 fully saturated rings. The van der Waals surface area contributed by atoms with Crippen LogP contribution in [0.5, 0.6) is 0 Å². The van der Waals surface area contributed by atoms with Crippen LogP contribution in [0.15, 0.2) is 65.3 Å². The molecule has 2 N–H and O–H groups in total. The first-order valence-corrected chi connectivity index (χ1v) is 13.7. The molecule has 0 saturated carbocycles. The Bertz CT molecular complexity index is 1570. The van der Waals surface area contributed by atoms with Crippen molar-refractivity contribution in [1.82, 2.24) is 0 Å². The number of hydrogen-bond donors (Lipinski definition) is 1.